The van der Waals surface area contributed by atoms with Crippen LogP contribution in [0.4, 0.5) is 0 Å². The third-order valence-corrected chi connectivity index (χ3v) is 3.56. The minimum atomic E-state index is -0.118. The second-order valence-corrected chi connectivity index (χ2v) is 4.91. The van der Waals surface area contributed by atoms with Crippen molar-refractivity contribution >= 4 is 35.1 Å². The van der Waals surface area contributed by atoms with E-state index in [1.54, 1.807) is 12.3 Å². The largest absolute Gasteiger partial charge is 0.290 e. The molecule has 0 amide bonds. The van der Waals surface area contributed by atoms with E-state index >= 15 is 0 Å². The van der Waals surface area contributed by atoms with Crippen molar-refractivity contribution < 1.29 is 0 Å². The molecule has 21 heavy (non-hydrogen) atoms. The van der Waals surface area contributed by atoms with E-state index in [9.17, 15) is 4.79 Å². The van der Waals surface area contributed by atoms with Gasteiger partial charge < -0.3 is 0 Å². The maximum absolute atomic E-state index is 12.5. The van der Waals surface area contributed by atoms with Crippen molar-refractivity contribution in [2.24, 2.45) is 0 Å². The number of aromatic nitrogens is 3. The molecule has 0 unspecified atom stereocenters. The van der Waals surface area contributed by atoms with Gasteiger partial charge in [-0.3, -0.25) is 14.9 Å². The van der Waals surface area contributed by atoms with Crippen LogP contribution in [0.5, 0.6) is 0 Å². The molecule has 0 fully saturated rings. The van der Waals surface area contributed by atoms with Crippen LogP contribution in [0.2, 0.25) is 0 Å². The van der Waals surface area contributed by atoms with E-state index in [1.807, 2.05) is 42.5 Å². The van der Waals surface area contributed by atoms with Crippen molar-refractivity contribution in [2.45, 2.75) is 0 Å². The lowest BCUT2D eigenvalue weighted by molar-refractivity contribution is 0.864. The smallest absolute Gasteiger partial charge is 0.280 e. The van der Waals surface area contributed by atoms with Crippen LogP contribution < -0.4 is 11.0 Å². The number of para-hydroxylation sites is 1. The number of aromatic amines is 1. The number of benzene rings is 2. The molecule has 0 bridgehead atoms. The van der Waals surface area contributed by atoms with Gasteiger partial charge in [0.05, 0.1) is 22.1 Å². The molecular weight excluding hydrogens is 261 g/mol. The molecule has 0 aliphatic rings. The summed E-state index contributed by atoms with van der Waals surface area (Å²) in [5.41, 5.74) is 2.87. The maximum Gasteiger partial charge on any atom is 0.280 e. The summed E-state index contributed by atoms with van der Waals surface area (Å²) in [7, 11) is 5.84. The second kappa shape index (κ2) is 4.35. The fourth-order valence-electron chi connectivity index (χ4n) is 2.53. The molecule has 98 valence electrons. The zero-order valence-corrected chi connectivity index (χ0v) is 11.1. The van der Waals surface area contributed by atoms with Gasteiger partial charge in [0.2, 0.25) is 0 Å². The molecule has 0 aliphatic heterocycles. The van der Waals surface area contributed by atoms with E-state index in [4.69, 9.17) is 7.85 Å². The predicted molar refractivity (Wildman–Crippen MR) is 84.6 cm³/mol. The molecule has 0 saturated heterocycles. The maximum atomic E-state index is 12.5. The Balaban J connectivity index is 2.13. The summed E-state index contributed by atoms with van der Waals surface area (Å²) in [5.74, 6) is 0. The van der Waals surface area contributed by atoms with E-state index < -0.39 is 0 Å². The average molecular weight is 271 g/mol. The van der Waals surface area contributed by atoms with Crippen LogP contribution >= 0.6 is 0 Å². The molecule has 0 spiro atoms. The van der Waals surface area contributed by atoms with Gasteiger partial charge >= 0.3 is 0 Å². The second-order valence-electron chi connectivity index (χ2n) is 4.91. The predicted octanol–water partition coefficient (Wildman–Crippen LogP) is 1.66. The highest BCUT2D eigenvalue weighted by Gasteiger charge is 2.11. The summed E-state index contributed by atoms with van der Waals surface area (Å²) in [6.45, 7) is 0. The summed E-state index contributed by atoms with van der Waals surface area (Å²) >= 11 is 0. The molecule has 5 heteroatoms. The number of hydrogen-bond acceptors (Lipinski definition) is 2. The third-order valence-electron chi connectivity index (χ3n) is 3.56. The Hall–Kier alpha value is -2.82. The fourth-order valence-corrected chi connectivity index (χ4v) is 2.53. The Morgan fingerprint density at radius 1 is 1.05 bits per heavy atom. The number of nitrogens with one attached hydrogen (secondary N) is 1. The molecule has 4 rings (SSSR count). The zero-order chi connectivity index (χ0) is 14.4. The van der Waals surface area contributed by atoms with Crippen LogP contribution in [0.15, 0.2) is 59.5 Å². The van der Waals surface area contributed by atoms with Gasteiger partial charge in [0.1, 0.15) is 7.85 Å². The topological polar surface area (TPSA) is 50.7 Å². The van der Waals surface area contributed by atoms with Crippen LogP contribution in [-0.4, -0.2) is 22.6 Å². The first-order chi connectivity index (χ1) is 10.2. The Morgan fingerprint density at radius 2 is 1.86 bits per heavy atom. The van der Waals surface area contributed by atoms with Gasteiger partial charge in [-0.2, -0.15) is 0 Å². The molecule has 2 heterocycles. The Bertz CT molecular complexity index is 1020. The SMILES string of the molecule is [B]c1ccc2ncc3c(=O)n(-c4ccccc4)[nH]c3c2c1. The number of nitrogens with zero attached hydrogens (tertiary/aromatic N) is 2. The van der Waals surface area contributed by atoms with Gasteiger partial charge in [-0.05, 0) is 18.2 Å². The van der Waals surface area contributed by atoms with Crippen molar-refractivity contribution in [3.05, 3.63) is 65.1 Å². The first-order valence-electron chi connectivity index (χ1n) is 6.58. The van der Waals surface area contributed by atoms with Gasteiger partial charge in [-0.1, -0.05) is 35.8 Å². The molecule has 4 nitrogen and oxygen atoms in total. The van der Waals surface area contributed by atoms with Crippen LogP contribution in [-0.2, 0) is 0 Å². The van der Waals surface area contributed by atoms with Gasteiger partial charge in [0.15, 0.2) is 0 Å². The summed E-state index contributed by atoms with van der Waals surface area (Å²) < 4.78 is 1.52. The highest BCUT2D eigenvalue weighted by atomic mass is 16.1. The minimum Gasteiger partial charge on any atom is -0.290 e. The van der Waals surface area contributed by atoms with E-state index in [0.29, 0.717) is 10.8 Å². The third kappa shape index (κ3) is 1.78. The molecule has 2 aromatic carbocycles. The lowest BCUT2D eigenvalue weighted by Crippen LogP contribution is -2.13. The summed E-state index contributed by atoms with van der Waals surface area (Å²) in [5, 5.41) is 4.56. The molecule has 1 N–H and O–H groups in total. The Morgan fingerprint density at radius 3 is 2.67 bits per heavy atom. The molecule has 2 radical (unpaired) electrons. The van der Waals surface area contributed by atoms with E-state index in [-0.39, 0.29) is 5.56 Å². The number of rotatable bonds is 1. The molecular formula is C16H10BN3O. The van der Waals surface area contributed by atoms with E-state index in [0.717, 1.165) is 22.1 Å². The minimum absolute atomic E-state index is 0.118. The summed E-state index contributed by atoms with van der Waals surface area (Å²) in [6.07, 6.45) is 1.60. The first kappa shape index (κ1) is 12.0. The zero-order valence-electron chi connectivity index (χ0n) is 11.1. The molecule has 0 atom stereocenters. The van der Waals surface area contributed by atoms with Crippen LogP contribution in [0.1, 0.15) is 0 Å². The standard InChI is InChI=1S/C16H10BN3O/c17-10-6-7-14-12(8-10)15-13(9-18-14)16(21)20(19-15)11-4-2-1-3-5-11/h1-9,19H. The number of fused-ring (bicyclic) bond motifs is 3. The van der Waals surface area contributed by atoms with Crippen molar-refractivity contribution in [2.75, 3.05) is 0 Å². The van der Waals surface area contributed by atoms with Crippen LogP contribution in [0, 0.1) is 0 Å². The van der Waals surface area contributed by atoms with Crippen molar-refractivity contribution in [3.8, 4) is 5.69 Å². The van der Waals surface area contributed by atoms with Crippen molar-refractivity contribution in [3.63, 3.8) is 0 Å². The van der Waals surface area contributed by atoms with E-state index in [2.05, 4.69) is 10.1 Å². The quantitative estimate of drug-likeness (QED) is 0.535. The lowest BCUT2D eigenvalue weighted by atomic mass is 9.94. The van der Waals surface area contributed by atoms with Gasteiger partial charge in [0.25, 0.3) is 5.56 Å². The number of hydrogen-bond donors (Lipinski definition) is 1. The number of H-pyrrole nitrogens is 1. The van der Waals surface area contributed by atoms with Crippen LogP contribution in [0.3, 0.4) is 0 Å². The molecule has 2 aromatic heterocycles. The lowest BCUT2D eigenvalue weighted by Gasteiger charge is -2.01. The van der Waals surface area contributed by atoms with Gasteiger partial charge in [0, 0.05) is 11.6 Å². The van der Waals surface area contributed by atoms with Crippen molar-refractivity contribution in [1.29, 1.82) is 0 Å². The highest BCUT2D eigenvalue weighted by Crippen LogP contribution is 2.19. The van der Waals surface area contributed by atoms with Gasteiger partial charge in [-0.25, -0.2) is 4.68 Å². The van der Waals surface area contributed by atoms with Crippen LogP contribution in [0.25, 0.3) is 27.5 Å². The van der Waals surface area contributed by atoms with Gasteiger partial charge in [-0.15, -0.1) is 0 Å². The average Bonchev–Trinajstić information content (AvgIpc) is 2.86. The highest BCUT2D eigenvalue weighted by molar-refractivity contribution is 6.33. The molecule has 4 aromatic rings. The fraction of sp³-hybridized carbons (Fsp3) is 0. The number of pyridine rings is 1. The first-order valence-corrected chi connectivity index (χ1v) is 6.58. The van der Waals surface area contributed by atoms with Crippen molar-refractivity contribution in [1.82, 2.24) is 14.8 Å². The molecule has 0 aliphatic carbocycles. The normalized spacial score (nSPS) is 11.2. The summed E-state index contributed by atoms with van der Waals surface area (Å²) in [6, 6.07) is 14.9. The Kier molecular flexibility index (Phi) is 2.48. The Labute approximate surface area is 121 Å². The monoisotopic (exact) mass is 271 g/mol. The summed E-state index contributed by atoms with van der Waals surface area (Å²) in [4.78, 5) is 16.8. The van der Waals surface area contributed by atoms with E-state index in [1.165, 1.54) is 4.68 Å². The molecule has 0 saturated carbocycles.